The Morgan fingerprint density at radius 2 is 2.21 bits per heavy atom. The zero-order chi connectivity index (χ0) is 14.5. The van der Waals surface area contributed by atoms with Gasteiger partial charge < -0.3 is 9.67 Å². The molecule has 0 aliphatic carbocycles. The van der Waals surface area contributed by atoms with E-state index in [1.54, 1.807) is 0 Å². The number of aryl methyl sites for hydroxylation is 1. The van der Waals surface area contributed by atoms with E-state index in [-0.39, 0.29) is 10.6 Å². The summed E-state index contributed by atoms with van der Waals surface area (Å²) in [5.41, 5.74) is -0.00732. The number of sulfonamides is 1. The Kier molecular flexibility index (Phi) is 5.89. The standard InChI is InChI=1S/C11H18N2O4S2/c1-3-5-13-8-9(7-10(13)11(14)15)19(16,17)12-4-6-18-2/h7-8,12H,3-6H2,1-2H3,(H,14,15). The summed E-state index contributed by atoms with van der Waals surface area (Å²) < 4.78 is 27.8. The van der Waals surface area contributed by atoms with Gasteiger partial charge in [0.25, 0.3) is 0 Å². The number of aromatic carboxylic acids is 1. The fourth-order valence-electron chi connectivity index (χ4n) is 1.60. The van der Waals surface area contributed by atoms with Gasteiger partial charge in [-0.3, -0.25) is 0 Å². The predicted octanol–water partition coefficient (Wildman–Crippen LogP) is 1.24. The molecule has 2 N–H and O–H groups in total. The van der Waals surface area contributed by atoms with Gasteiger partial charge in [-0.1, -0.05) is 6.92 Å². The molecule has 0 aromatic carbocycles. The first kappa shape index (κ1) is 16.1. The maximum Gasteiger partial charge on any atom is 0.352 e. The van der Waals surface area contributed by atoms with Crippen molar-refractivity contribution < 1.29 is 18.3 Å². The Morgan fingerprint density at radius 3 is 2.74 bits per heavy atom. The second kappa shape index (κ2) is 6.97. The highest BCUT2D eigenvalue weighted by Crippen LogP contribution is 2.15. The summed E-state index contributed by atoms with van der Waals surface area (Å²) in [6.07, 6.45) is 3.98. The molecule has 0 fully saturated rings. The monoisotopic (exact) mass is 306 g/mol. The number of nitrogens with one attached hydrogen (secondary N) is 1. The van der Waals surface area contributed by atoms with Crippen LogP contribution in [0.2, 0.25) is 0 Å². The van der Waals surface area contributed by atoms with Crippen molar-refractivity contribution in [2.75, 3.05) is 18.6 Å². The second-order valence-corrected chi connectivity index (χ2v) is 6.70. The van der Waals surface area contributed by atoms with Crippen LogP contribution in [0.25, 0.3) is 0 Å². The highest BCUT2D eigenvalue weighted by molar-refractivity contribution is 7.98. The molecule has 0 spiro atoms. The summed E-state index contributed by atoms with van der Waals surface area (Å²) in [6, 6.07) is 1.19. The van der Waals surface area contributed by atoms with Gasteiger partial charge in [0, 0.05) is 25.0 Å². The van der Waals surface area contributed by atoms with Gasteiger partial charge in [-0.15, -0.1) is 0 Å². The zero-order valence-electron chi connectivity index (χ0n) is 10.9. The van der Waals surface area contributed by atoms with Crippen LogP contribution in [0.4, 0.5) is 0 Å². The van der Waals surface area contributed by atoms with Crippen LogP contribution in [-0.4, -0.2) is 42.6 Å². The van der Waals surface area contributed by atoms with Crippen molar-refractivity contribution in [3.8, 4) is 0 Å². The normalized spacial score (nSPS) is 11.7. The van der Waals surface area contributed by atoms with E-state index >= 15 is 0 Å². The Bertz CT molecular complexity index is 537. The van der Waals surface area contributed by atoms with Crippen LogP contribution in [0.3, 0.4) is 0 Å². The first-order chi connectivity index (χ1) is 8.92. The fraction of sp³-hybridized carbons (Fsp3) is 0.545. The molecule has 0 aliphatic heterocycles. The number of hydrogen-bond donors (Lipinski definition) is 2. The number of nitrogens with zero attached hydrogens (tertiary/aromatic N) is 1. The number of rotatable bonds is 8. The van der Waals surface area contributed by atoms with Crippen molar-refractivity contribution in [1.29, 1.82) is 0 Å². The predicted molar refractivity (Wildman–Crippen MR) is 75.3 cm³/mol. The van der Waals surface area contributed by atoms with Crippen LogP contribution in [-0.2, 0) is 16.6 Å². The lowest BCUT2D eigenvalue weighted by atomic mass is 10.4. The molecule has 0 amide bonds. The SMILES string of the molecule is CCCn1cc(S(=O)(=O)NCCSC)cc1C(=O)O. The quantitative estimate of drug-likeness (QED) is 0.705. The number of carboxylic acids is 1. The van der Waals surface area contributed by atoms with Crippen LogP contribution in [0.1, 0.15) is 23.8 Å². The summed E-state index contributed by atoms with van der Waals surface area (Å²) in [5.74, 6) is -0.459. The third-order valence-electron chi connectivity index (χ3n) is 2.46. The molecule has 0 aliphatic rings. The van der Waals surface area contributed by atoms with E-state index in [0.717, 1.165) is 6.42 Å². The van der Waals surface area contributed by atoms with Crippen molar-refractivity contribution in [1.82, 2.24) is 9.29 Å². The molecular weight excluding hydrogens is 288 g/mol. The molecule has 0 atom stereocenters. The molecule has 0 radical (unpaired) electrons. The molecule has 0 saturated carbocycles. The second-order valence-electron chi connectivity index (χ2n) is 3.95. The van der Waals surface area contributed by atoms with Crippen molar-refractivity contribution in [2.45, 2.75) is 24.8 Å². The molecule has 1 heterocycles. The van der Waals surface area contributed by atoms with Gasteiger partial charge in [-0.05, 0) is 18.7 Å². The Hall–Kier alpha value is -0.990. The molecule has 1 rings (SSSR count). The lowest BCUT2D eigenvalue weighted by molar-refractivity contribution is 0.0685. The summed E-state index contributed by atoms with van der Waals surface area (Å²) in [6.45, 7) is 2.70. The van der Waals surface area contributed by atoms with E-state index in [9.17, 15) is 13.2 Å². The van der Waals surface area contributed by atoms with Gasteiger partial charge >= 0.3 is 5.97 Å². The summed E-state index contributed by atoms with van der Waals surface area (Å²) in [5, 5.41) is 9.05. The van der Waals surface area contributed by atoms with E-state index in [4.69, 9.17) is 5.11 Å². The maximum atomic E-state index is 12.0. The Morgan fingerprint density at radius 1 is 1.53 bits per heavy atom. The van der Waals surface area contributed by atoms with Crippen LogP contribution in [0.15, 0.2) is 17.2 Å². The van der Waals surface area contributed by atoms with Crippen LogP contribution >= 0.6 is 11.8 Å². The minimum atomic E-state index is -3.63. The molecular formula is C11H18N2O4S2. The molecule has 1 aromatic rings. The van der Waals surface area contributed by atoms with Crippen LogP contribution in [0.5, 0.6) is 0 Å². The molecule has 6 nitrogen and oxygen atoms in total. The summed E-state index contributed by atoms with van der Waals surface area (Å²) >= 11 is 1.53. The molecule has 0 bridgehead atoms. The summed E-state index contributed by atoms with van der Waals surface area (Å²) in [7, 11) is -3.63. The van der Waals surface area contributed by atoms with E-state index in [0.29, 0.717) is 18.8 Å². The molecule has 0 saturated heterocycles. The number of carbonyl (C=O) groups is 1. The molecule has 108 valence electrons. The van der Waals surface area contributed by atoms with E-state index < -0.39 is 16.0 Å². The smallest absolute Gasteiger partial charge is 0.352 e. The van der Waals surface area contributed by atoms with Gasteiger partial charge in [-0.25, -0.2) is 17.9 Å². The topological polar surface area (TPSA) is 88.4 Å². The minimum Gasteiger partial charge on any atom is -0.477 e. The van der Waals surface area contributed by atoms with Crippen molar-refractivity contribution in [3.05, 3.63) is 18.0 Å². The zero-order valence-corrected chi connectivity index (χ0v) is 12.6. The molecule has 1 aromatic heterocycles. The number of carboxylic acid groups (broad SMARTS) is 1. The van der Waals surface area contributed by atoms with Gasteiger partial charge in [0.2, 0.25) is 10.0 Å². The van der Waals surface area contributed by atoms with Gasteiger partial charge in [-0.2, -0.15) is 11.8 Å². The van der Waals surface area contributed by atoms with E-state index in [1.807, 2.05) is 13.2 Å². The third kappa shape index (κ3) is 4.26. The Balaban J connectivity index is 3.00. The van der Waals surface area contributed by atoms with Gasteiger partial charge in [0.1, 0.15) is 10.6 Å². The molecule has 8 heteroatoms. The Labute approximate surface area is 117 Å². The van der Waals surface area contributed by atoms with Crippen molar-refractivity contribution in [2.24, 2.45) is 0 Å². The van der Waals surface area contributed by atoms with Crippen LogP contribution in [0, 0.1) is 0 Å². The van der Waals surface area contributed by atoms with E-state index in [1.165, 1.54) is 28.6 Å². The lowest BCUT2D eigenvalue weighted by Gasteiger charge is -2.03. The number of hydrogen-bond acceptors (Lipinski definition) is 4. The average Bonchev–Trinajstić information content (AvgIpc) is 2.74. The highest BCUT2D eigenvalue weighted by atomic mass is 32.2. The van der Waals surface area contributed by atoms with Crippen molar-refractivity contribution >= 4 is 27.8 Å². The number of thioether (sulfide) groups is 1. The highest BCUT2D eigenvalue weighted by Gasteiger charge is 2.20. The molecule has 19 heavy (non-hydrogen) atoms. The largest absolute Gasteiger partial charge is 0.477 e. The first-order valence-electron chi connectivity index (χ1n) is 5.84. The third-order valence-corrected chi connectivity index (χ3v) is 4.50. The maximum absolute atomic E-state index is 12.0. The van der Waals surface area contributed by atoms with Crippen LogP contribution < -0.4 is 4.72 Å². The minimum absolute atomic E-state index is 0.000506. The average molecular weight is 306 g/mol. The lowest BCUT2D eigenvalue weighted by Crippen LogP contribution is -2.25. The molecule has 0 unspecified atom stereocenters. The van der Waals surface area contributed by atoms with Gasteiger partial charge in [0.05, 0.1) is 0 Å². The van der Waals surface area contributed by atoms with Crippen molar-refractivity contribution in [3.63, 3.8) is 0 Å². The van der Waals surface area contributed by atoms with Gasteiger partial charge in [0.15, 0.2) is 0 Å². The first-order valence-corrected chi connectivity index (χ1v) is 8.72. The number of aromatic nitrogens is 1. The van der Waals surface area contributed by atoms with E-state index in [2.05, 4.69) is 4.72 Å². The fourth-order valence-corrected chi connectivity index (χ4v) is 3.10. The summed E-state index contributed by atoms with van der Waals surface area (Å²) in [4.78, 5) is 11.1.